The zero-order chi connectivity index (χ0) is 12.2. The number of sulfonamides is 1. The maximum absolute atomic E-state index is 11.9. The summed E-state index contributed by atoms with van der Waals surface area (Å²) in [5, 5.41) is -0.0999. The van der Waals surface area contributed by atoms with Crippen molar-refractivity contribution in [3.05, 3.63) is 28.6 Å². The first-order chi connectivity index (χ1) is 7.48. The van der Waals surface area contributed by atoms with Gasteiger partial charge in [-0.1, -0.05) is 6.07 Å². The van der Waals surface area contributed by atoms with Crippen LogP contribution in [0.25, 0.3) is 0 Å². The van der Waals surface area contributed by atoms with Gasteiger partial charge >= 0.3 is 0 Å². The Morgan fingerprint density at radius 1 is 1.44 bits per heavy atom. The maximum Gasteiger partial charge on any atom is 0.258 e. The van der Waals surface area contributed by atoms with E-state index in [1.807, 2.05) is 0 Å². The Morgan fingerprint density at radius 3 is 2.69 bits per heavy atom. The molecule has 16 heavy (non-hydrogen) atoms. The third-order valence-electron chi connectivity index (χ3n) is 2.04. The van der Waals surface area contributed by atoms with E-state index in [-0.39, 0.29) is 5.03 Å². The highest BCUT2D eigenvalue weighted by Crippen LogP contribution is 2.09. The summed E-state index contributed by atoms with van der Waals surface area (Å²) in [6, 6.07) is 4.02. The van der Waals surface area contributed by atoms with Gasteiger partial charge in [-0.3, -0.25) is 4.79 Å². The van der Waals surface area contributed by atoms with Gasteiger partial charge in [0.2, 0.25) is 5.56 Å². The first kappa shape index (κ1) is 13.2. The van der Waals surface area contributed by atoms with Crippen LogP contribution >= 0.6 is 11.6 Å². The van der Waals surface area contributed by atoms with Crippen LogP contribution in [0, 0.1) is 0 Å². The van der Waals surface area contributed by atoms with Crippen molar-refractivity contribution < 1.29 is 8.42 Å². The van der Waals surface area contributed by atoms with Crippen LogP contribution in [0.15, 0.2) is 28.0 Å². The van der Waals surface area contributed by atoms with E-state index < -0.39 is 15.6 Å². The van der Waals surface area contributed by atoms with Gasteiger partial charge in [0.1, 0.15) is 0 Å². The first-order valence-electron chi connectivity index (χ1n) is 4.70. The molecule has 0 unspecified atom stereocenters. The summed E-state index contributed by atoms with van der Waals surface area (Å²) in [4.78, 5) is 13.3. The number of hydrogen-bond donors (Lipinski definition) is 1. The molecule has 1 aromatic rings. The van der Waals surface area contributed by atoms with Crippen molar-refractivity contribution in [2.75, 3.05) is 19.5 Å². The molecule has 0 aliphatic carbocycles. The molecule has 1 N–H and O–H groups in total. The summed E-state index contributed by atoms with van der Waals surface area (Å²) in [5.74, 6) is 0.394. The number of rotatable bonds is 5. The first-order valence-corrected chi connectivity index (χ1v) is 6.67. The fourth-order valence-electron chi connectivity index (χ4n) is 1.15. The molecule has 0 saturated carbocycles. The lowest BCUT2D eigenvalue weighted by Gasteiger charge is -2.15. The molecule has 1 heterocycles. The number of H-pyrrole nitrogens is 1. The van der Waals surface area contributed by atoms with E-state index in [0.717, 1.165) is 0 Å². The summed E-state index contributed by atoms with van der Waals surface area (Å²) in [5.41, 5.74) is -0.438. The molecule has 0 fully saturated rings. The highest BCUT2D eigenvalue weighted by molar-refractivity contribution is 7.89. The van der Waals surface area contributed by atoms with Crippen LogP contribution < -0.4 is 5.56 Å². The number of alkyl halides is 1. The molecule has 7 heteroatoms. The van der Waals surface area contributed by atoms with Gasteiger partial charge in [0.15, 0.2) is 5.03 Å². The molecule has 0 amide bonds. The molecule has 0 aliphatic heterocycles. The Labute approximate surface area is 99.1 Å². The number of pyridine rings is 1. The average Bonchev–Trinajstić information content (AvgIpc) is 2.25. The van der Waals surface area contributed by atoms with Gasteiger partial charge in [0.05, 0.1) is 0 Å². The smallest absolute Gasteiger partial charge is 0.258 e. The lowest BCUT2D eigenvalue weighted by atomic mass is 10.5. The zero-order valence-electron chi connectivity index (χ0n) is 8.81. The van der Waals surface area contributed by atoms with Crippen LogP contribution in [0.4, 0.5) is 0 Å². The number of nitrogens with zero attached hydrogens (tertiary/aromatic N) is 1. The average molecular weight is 265 g/mol. The summed E-state index contributed by atoms with van der Waals surface area (Å²) in [6.07, 6.45) is 0.564. The minimum absolute atomic E-state index is 0.0999. The molecule has 0 atom stereocenters. The van der Waals surface area contributed by atoms with Crippen molar-refractivity contribution in [3.63, 3.8) is 0 Å². The van der Waals surface area contributed by atoms with Crippen molar-refractivity contribution in [1.29, 1.82) is 0 Å². The second kappa shape index (κ2) is 5.47. The number of aromatic nitrogens is 1. The van der Waals surface area contributed by atoms with Crippen molar-refractivity contribution in [2.45, 2.75) is 11.4 Å². The van der Waals surface area contributed by atoms with E-state index >= 15 is 0 Å². The third kappa shape index (κ3) is 3.07. The van der Waals surface area contributed by atoms with Gasteiger partial charge in [-0.15, -0.1) is 11.6 Å². The Morgan fingerprint density at radius 2 is 2.12 bits per heavy atom. The van der Waals surface area contributed by atoms with Crippen LogP contribution in [0.5, 0.6) is 0 Å². The lowest BCUT2D eigenvalue weighted by molar-refractivity contribution is 0.466. The van der Waals surface area contributed by atoms with Crippen molar-refractivity contribution >= 4 is 21.6 Å². The molecule has 0 saturated heterocycles. The lowest BCUT2D eigenvalue weighted by Crippen LogP contribution is -2.30. The van der Waals surface area contributed by atoms with Crippen LogP contribution in [-0.4, -0.2) is 37.2 Å². The van der Waals surface area contributed by atoms with Crippen LogP contribution in [0.1, 0.15) is 6.42 Å². The van der Waals surface area contributed by atoms with Gasteiger partial charge in [-0.25, -0.2) is 8.42 Å². The van der Waals surface area contributed by atoms with E-state index in [1.54, 1.807) is 0 Å². The fourth-order valence-corrected chi connectivity index (χ4v) is 2.45. The van der Waals surface area contributed by atoms with Crippen molar-refractivity contribution in [3.8, 4) is 0 Å². The van der Waals surface area contributed by atoms with E-state index in [1.165, 1.54) is 29.6 Å². The normalized spacial score (nSPS) is 11.9. The highest BCUT2D eigenvalue weighted by atomic mass is 35.5. The minimum atomic E-state index is -3.61. The Kier molecular flexibility index (Phi) is 4.52. The zero-order valence-corrected chi connectivity index (χ0v) is 10.4. The molecule has 0 aliphatic rings. The quantitative estimate of drug-likeness (QED) is 0.793. The Bertz CT molecular complexity index is 497. The van der Waals surface area contributed by atoms with E-state index in [4.69, 9.17) is 11.6 Å². The van der Waals surface area contributed by atoms with Gasteiger partial charge in [-0.2, -0.15) is 4.31 Å². The predicted octanol–water partition coefficient (Wildman–Crippen LogP) is 0.624. The van der Waals surface area contributed by atoms with Crippen LogP contribution in [0.2, 0.25) is 0 Å². The highest BCUT2D eigenvalue weighted by Gasteiger charge is 2.20. The molecular weight excluding hydrogens is 252 g/mol. The molecule has 1 aromatic heterocycles. The number of nitrogens with one attached hydrogen (secondary N) is 1. The number of halogens is 1. The maximum atomic E-state index is 11.9. The van der Waals surface area contributed by atoms with Gasteiger partial charge in [0, 0.05) is 25.5 Å². The third-order valence-corrected chi connectivity index (χ3v) is 4.10. The molecule has 0 radical (unpaired) electrons. The molecule has 1 rings (SSSR count). The SMILES string of the molecule is CN(CCCCl)S(=O)(=O)c1cccc(=O)[nH]1. The Hall–Kier alpha value is -0.850. The summed E-state index contributed by atoms with van der Waals surface area (Å²) >= 11 is 5.49. The number of aromatic amines is 1. The second-order valence-electron chi connectivity index (χ2n) is 3.25. The van der Waals surface area contributed by atoms with Crippen molar-refractivity contribution in [2.24, 2.45) is 0 Å². The van der Waals surface area contributed by atoms with E-state index in [2.05, 4.69) is 4.98 Å². The second-order valence-corrected chi connectivity index (χ2v) is 5.64. The summed E-state index contributed by atoms with van der Waals surface area (Å²) in [6.45, 7) is 0.322. The monoisotopic (exact) mass is 264 g/mol. The topological polar surface area (TPSA) is 70.2 Å². The predicted molar refractivity (Wildman–Crippen MR) is 62.2 cm³/mol. The molecule has 0 bridgehead atoms. The Balaban J connectivity index is 2.98. The van der Waals surface area contributed by atoms with Crippen LogP contribution in [0.3, 0.4) is 0 Å². The van der Waals surface area contributed by atoms with Gasteiger partial charge in [0.25, 0.3) is 10.0 Å². The molecule has 0 aromatic carbocycles. The summed E-state index contributed by atoms with van der Waals surface area (Å²) < 4.78 is 25.0. The van der Waals surface area contributed by atoms with Gasteiger partial charge in [-0.05, 0) is 12.5 Å². The molecular formula is C9H13ClN2O3S. The molecule has 90 valence electrons. The molecule has 5 nitrogen and oxygen atoms in total. The van der Waals surface area contributed by atoms with Crippen LogP contribution in [-0.2, 0) is 10.0 Å². The van der Waals surface area contributed by atoms with Crippen molar-refractivity contribution in [1.82, 2.24) is 9.29 Å². The minimum Gasteiger partial charge on any atom is -0.312 e. The largest absolute Gasteiger partial charge is 0.312 e. The van der Waals surface area contributed by atoms with Gasteiger partial charge < -0.3 is 4.98 Å². The fraction of sp³-hybridized carbons (Fsp3) is 0.444. The van der Waals surface area contributed by atoms with E-state index in [9.17, 15) is 13.2 Å². The van der Waals surface area contributed by atoms with E-state index in [0.29, 0.717) is 18.8 Å². The number of hydrogen-bond acceptors (Lipinski definition) is 3. The summed E-state index contributed by atoms with van der Waals surface area (Å²) in [7, 11) is -2.16. The standard InChI is InChI=1S/C9H13ClN2O3S/c1-12(7-3-6-10)16(14,15)9-5-2-4-8(13)11-9/h2,4-5H,3,6-7H2,1H3,(H,11,13). The molecule has 0 spiro atoms.